The Bertz CT molecular complexity index is 850. The molecule has 3 N–H and O–H groups in total. The van der Waals surface area contributed by atoms with Crippen LogP contribution in [0.15, 0.2) is 48.5 Å². The molecular formula is C22H27ClF3N3O2. The number of hydrogen-bond donors (Lipinski definition) is 3. The Labute approximate surface area is 186 Å². The van der Waals surface area contributed by atoms with Gasteiger partial charge in [-0.15, -0.1) is 12.4 Å². The number of alkyl halides is 3. The molecule has 2 aromatic carbocycles. The summed E-state index contributed by atoms with van der Waals surface area (Å²) in [6.45, 7) is 1.24. The number of nitrogens with one attached hydrogen (secondary N) is 3. The molecule has 170 valence electrons. The highest BCUT2D eigenvalue weighted by atomic mass is 35.5. The molecule has 1 saturated heterocycles. The van der Waals surface area contributed by atoms with Crippen molar-refractivity contribution < 1.29 is 22.7 Å². The standard InChI is InChI=1S/C22H26F3N3O2.ClH/c1-15(29)28-18-9-10-20(30-14-22(23,24)25)17(12-18)13-27-19-8-5-11-26-21(19)16-6-3-2-4-7-16;/h2-4,6-7,9-10,12,19,21,26-27H,5,8,11,13-14H2,1H3,(H,28,29);1H/t19-,21-;/m0./s1. The molecule has 1 fully saturated rings. The second kappa shape index (κ2) is 11.4. The number of anilines is 1. The molecule has 1 aliphatic heterocycles. The highest BCUT2D eigenvalue weighted by molar-refractivity contribution is 5.88. The molecule has 0 unspecified atom stereocenters. The van der Waals surface area contributed by atoms with E-state index in [1.54, 1.807) is 6.07 Å². The van der Waals surface area contributed by atoms with Gasteiger partial charge in [0.05, 0.1) is 0 Å². The van der Waals surface area contributed by atoms with Crippen molar-refractivity contribution in [2.24, 2.45) is 0 Å². The van der Waals surface area contributed by atoms with E-state index < -0.39 is 12.8 Å². The van der Waals surface area contributed by atoms with E-state index >= 15 is 0 Å². The first kappa shape index (κ1) is 25.0. The van der Waals surface area contributed by atoms with E-state index in [0.717, 1.165) is 24.9 Å². The Morgan fingerprint density at radius 2 is 1.94 bits per heavy atom. The fourth-order valence-electron chi connectivity index (χ4n) is 3.66. The number of rotatable bonds is 7. The summed E-state index contributed by atoms with van der Waals surface area (Å²) in [5, 5.41) is 9.65. The summed E-state index contributed by atoms with van der Waals surface area (Å²) < 4.78 is 42.9. The minimum atomic E-state index is -4.42. The predicted molar refractivity (Wildman–Crippen MR) is 117 cm³/mol. The van der Waals surface area contributed by atoms with Crippen molar-refractivity contribution in [3.63, 3.8) is 0 Å². The van der Waals surface area contributed by atoms with Gasteiger partial charge >= 0.3 is 6.18 Å². The zero-order valence-corrected chi connectivity index (χ0v) is 18.0. The molecular weight excluding hydrogens is 431 g/mol. The van der Waals surface area contributed by atoms with Gasteiger partial charge in [-0.2, -0.15) is 13.2 Å². The molecule has 2 aromatic rings. The largest absolute Gasteiger partial charge is 0.484 e. The normalized spacial score (nSPS) is 18.7. The maximum absolute atomic E-state index is 12.6. The Morgan fingerprint density at radius 3 is 2.61 bits per heavy atom. The van der Waals surface area contributed by atoms with E-state index in [1.165, 1.54) is 19.1 Å². The van der Waals surface area contributed by atoms with Crippen LogP contribution >= 0.6 is 12.4 Å². The van der Waals surface area contributed by atoms with Gasteiger partial charge in [-0.3, -0.25) is 4.79 Å². The molecule has 1 aliphatic rings. The van der Waals surface area contributed by atoms with Gasteiger partial charge in [-0.05, 0) is 43.1 Å². The van der Waals surface area contributed by atoms with Gasteiger partial charge in [-0.25, -0.2) is 0 Å². The van der Waals surface area contributed by atoms with E-state index in [4.69, 9.17) is 4.74 Å². The van der Waals surface area contributed by atoms with E-state index in [9.17, 15) is 18.0 Å². The van der Waals surface area contributed by atoms with E-state index in [0.29, 0.717) is 17.8 Å². The molecule has 0 aromatic heterocycles. The predicted octanol–water partition coefficient (Wildman–Crippen LogP) is 4.59. The van der Waals surface area contributed by atoms with Crippen molar-refractivity contribution in [2.75, 3.05) is 18.5 Å². The van der Waals surface area contributed by atoms with Crippen LogP contribution in [0.25, 0.3) is 0 Å². The fraction of sp³-hybridized carbons (Fsp3) is 0.409. The van der Waals surface area contributed by atoms with Crippen LogP contribution in [0, 0.1) is 0 Å². The molecule has 2 atom stereocenters. The van der Waals surface area contributed by atoms with Gasteiger partial charge in [-0.1, -0.05) is 30.3 Å². The number of carbonyl (C=O) groups is 1. The average molecular weight is 458 g/mol. The minimum absolute atomic E-state index is 0. The lowest BCUT2D eigenvalue weighted by Gasteiger charge is -2.34. The second-order valence-electron chi connectivity index (χ2n) is 7.38. The van der Waals surface area contributed by atoms with Crippen LogP contribution in [-0.4, -0.2) is 31.3 Å². The number of hydrogen-bond acceptors (Lipinski definition) is 4. The van der Waals surface area contributed by atoms with E-state index in [1.807, 2.05) is 18.2 Å². The molecule has 0 spiro atoms. The average Bonchev–Trinajstić information content (AvgIpc) is 2.71. The lowest BCUT2D eigenvalue weighted by molar-refractivity contribution is -0.153. The summed E-state index contributed by atoms with van der Waals surface area (Å²) in [7, 11) is 0. The molecule has 1 heterocycles. The van der Waals surface area contributed by atoms with Crippen LogP contribution in [0.1, 0.15) is 36.9 Å². The van der Waals surface area contributed by atoms with Crippen molar-refractivity contribution in [3.8, 4) is 5.75 Å². The first-order valence-electron chi connectivity index (χ1n) is 9.93. The highest BCUT2D eigenvalue weighted by Crippen LogP contribution is 2.28. The van der Waals surface area contributed by atoms with Crippen molar-refractivity contribution in [2.45, 2.75) is 44.6 Å². The number of amides is 1. The van der Waals surface area contributed by atoms with E-state index in [2.05, 4.69) is 28.1 Å². The maximum atomic E-state index is 12.6. The molecule has 9 heteroatoms. The van der Waals surface area contributed by atoms with Crippen LogP contribution < -0.4 is 20.7 Å². The summed E-state index contributed by atoms with van der Waals surface area (Å²) in [6, 6.07) is 14.9. The Morgan fingerprint density at radius 1 is 1.19 bits per heavy atom. The van der Waals surface area contributed by atoms with Gasteiger partial charge in [0.1, 0.15) is 5.75 Å². The number of halogens is 4. The third-order valence-electron chi connectivity index (χ3n) is 4.94. The Kier molecular flexibility index (Phi) is 9.15. The molecule has 31 heavy (non-hydrogen) atoms. The van der Waals surface area contributed by atoms with Crippen LogP contribution in [0.4, 0.5) is 18.9 Å². The van der Waals surface area contributed by atoms with Gasteiger partial charge in [0.2, 0.25) is 5.91 Å². The molecule has 0 radical (unpaired) electrons. The van der Waals surface area contributed by atoms with E-state index in [-0.39, 0.29) is 36.1 Å². The number of carbonyl (C=O) groups excluding carboxylic acids is 1. The Balaban J connectivity index is 0.00000341. The van der Waals surface area contributed by atoms with Crippen LogP contribution in [0.5, 0.6) is 5.75 Å². The first-order valence-corrected chi connectivity index (χ1v) is 9.93. The summed E-state index contributed by atoms with van der Waals surface area (Å²) in [4.78, 5) is 11.4. The fourth-order valence-corrected chi connectivity index (χ4v) is 3.66. The molecule has 3 rings (SSSR count). The van der Waals surface area contributed by atoms with Crippen LogP contribution in [0.2, 0.25) is 0 Å². The zero-order chi connectivity index (χ0) is 21.6. The van der Waals surface area contributed by atoms with Gasteiger partial charge in [0.25, 0.3) is 0 Å². The topological polar surface area (TPSA) is 62.4 Å². The smallest absolute Gasteiger partial charge is 0.422 e. The summed E-state index contributed by atoms with van der Waals surface area (Å²) in [6.07, 6.45) is -2.48. The van der Waals surface area contributed by atoms with Gasteiger partial charge in [0.15, 0.2) is 6.61 Å². The molecule has 0 bridgehead atoms. The van der Waals surface area contributed by atoms with Crippen molar-refractivity contribution in [1.82, 2.24) is 10.6 Å². The zero-order valence-electron chi connectivity index (χ0n) is 17.2. The second-order valence-corrected chi connectivity index (χ2v) is 7.38. The lowest BCUT2D eigenvalue weighted by Crippen LogP contribution is -2.45. The molecule has 1 amide bonds. The molecule has 0 aliphatic carbocycles. The number of benzene rings is 2. The van der Waals surface area contributed by atoms with Gasteiger partial charge in [0, 0.05) is 36.8 Å². The maximum Gasteiger partial charge on any atom is 0.422 e. The highest BCUT2D eigenvalue weighted by Gasteiger charge is 2.29. The summed E-state index contributed by atoms with van der Waals surface area (Å²) in [5.41, 5.74) is 2.23. The third-order valence-corrected chi connectivity index (χ3v) is 4.94. The first-order chi connectivity index (χ1) is 14.3. The minimum Gasteiger partial charge on any atom is -0.484 e. The van der Waals surface area contributed by atoms with Gasteiger partial charge < -0.3 is 20.7 Å². The SMILES string of the molecule is CC(=O)Nc1ccc(OCC(F)(F)F)c(CN[C@H]2CCCN[C@H]2c2ccccc2)c1.Cl. The molecule has 0 saturated carbocycles. The quantitative estimate of drug-likeness (QED) is 0.569. The Hall–Kier alpha value is -2.29. The third kappa shape index (κ3) is 7.72. The van der Waals surface area contributed by atoms with Crippen LogP contribution in [0.3, 0.4) is 0 Å². The van der Waals surface area contributed by atoms with Crippen molar-refractivity contribution in [1.29, 1.82) is 0 Å². The van der Waals surface area contributed by atoms with Crippen molar-refractivity contribution >= 4 is 24.0 Å². The monoisotopic (exact) mass is 457 g/mol. The lowest BCUT2D eigenvalue weighted by atomic mass is 9.92. The number of piperidine rings is 1. The summed E-state index contributed by atoms with van der Waals surface area (Å²) in [5.74, 6) is -0.104. The number of ether oxygens (including phenoxy) is 1. The van der Waals surface area contributed by atoms with Crippen LogP contribution in [-0.2, 0) is 11.3 Å². The van der Waals surface area contributed by atoms with Crippen molar-refractivity contribution in [3.05, 3.63) is 59.7 Å². The summed E-state index contributed by atoms with van der Waals surface area (Å²) >= 11 is 0. The molecule has 5 nitrogen and oxygen atoms in total.